The number of rotatable bonds is 4. The van der Waals surface area contributed by atoms with Crippen molar-refractivity contribution < 1.29 is 13.2 Å². The molecule has 0 spiro atoms. The first-order valence-corrected chi connectivity index (χ1v) is 9.84. The van der Waals surface area contributed by atoms with Gasteiger partial charge in [0.25, 0.3) is 5.91 Å². The molecule has 140 valence electrons. The standard InChI is InChI=1S/C18H22ClN3O3S/c1-11-8-12(2)20-16(9-11)21-17(23)14-10-13(6-7-15(14)19)26(24,25)22-18(3,4)5/h6-10,22H,1-5H3,(H,20,21,23). The summed E-state index contributed by atoms with van der Waals surface area (Å²) in [5.74, 6) is -0.148. The summed E-state index contributed by atoms with van der Waals surface area (Å²) in [5, 5.41) is 2.81. The van der Waals surface area contributed by atoms with Crippen LogP contribution in [0.15, 0.2) is 35.2 Å². The van der Waals surface area contributed by atoms with E-state index >= 15 is 0 Å². The minimum absolute atomic E-state index is 0.0321. The Morgan fingerprint density at radius 1 is 1.12 bits per heavy atom. The van der Waals surface area contributed by atoms with Crippen LogP contribution in [0.25, 0.3) is 0 Å². The number of aromatic nitrogens is 1. The van der Waals surface area contributed by atoms with Crippen LogP contribution in [0.5, 0.6) is 0 Å². The van der Waals surface area contributed by atoms with E-state index in [0.29, 0.717) is 5.82 Å². The van der Waals surface area contributed by atoms with E-state index in [1.54, 1.807) is 26.8 Å². The van der Waals surface area contributed by atoms with Gasteiger partial charge in [0.05, 0.1) is 15.5 Å². The van der Waals surface area contributed by atoms with Crippen molar-refractivity contribution in [3.05, 3.63) is 52.2 Å². The molecule has 0 unspecified atom stereocenters. The fourth-order valence-electron chi connectivity index (χ4n) is 2.40. The fourth-order valence-corrected chi connectivity index (χ4v) is 4.04. The molecule has 8 heteroatoms. The topological polar surface area (TPSA) is 88.2 Å². The lowest BCUT2D eigenvalue weighted by Gasteiger charge is -2.20. The predicted octanol–water partition coefficient (Wildman–Crippen LogP) is 3.68. The average molecular weight is 396 g/mol. The van der Waals surface area contributed by atoms with Crippen LogP contribution < -0.4 is 10.0 Å². The van der Waals surface area contributed by atoms with E-state index in [9.17, 15) is 13.2 Å². The van der Waals surface area contributed by atoms with Gasteiger partial charge in [-0.15, -0.1) is 0 Å². The summed E-state index contributed by atoms with van der Waals surface area (Å²) in [4.78, 5) is 16.8. The Bertz CT molecular complexity index is 930. The molecule has 0 aliphatic heterocycles. The van der Waals surface area contributed by atoms with Gasteiger partial charge in [0, 0.05) is 11.2 Å². The number of pyridine rings is 1. The van der Waals surface area contributed by atoms with Crippen molar-refractivity contribution in [3.8, 4) is 0 Å². The number of hydrogen-bond acceptors (Lipinski definition) is 4. The van der Waals surface area contributed by atoms with Crippen molar-refractivity contribution in [2.24, 2.45) is 0 Å². The minimum Gasteiger partial charge on any atom is -0.307 e. The molecule has 26 heavy (non-hydrogen) atoms. The molecule has 2 rings (SSSR count). The van der Waals surface area contributed by atoms with Crippen molar-refractivity contribution in [2.75, 3.05) is 5.32 Å². The van der Waals surface area contributed by atoms with Crippen LogP contribution in [0.2, 0.25) is 5.02 Å². The summed E-state index contributed by atoms with van der Waals surface area (Å²) in [6, 6.07) is 7.62. The molecule has 1 heterocycles. The Hall–Kier alpha value is -1.96. The van der Waals surface area contributed by atoms with E-state index in [1.165, 1.54) is 18.2 Å². The average Bonchev–Trinajstić information content (AvgIpc) is 2.43. The molecular weight excluding hydrogens is 374 g/mol. The Kier molecular flexibility index (Phi) is 5.75. The molecule has 1 amide bonds. The number of amides is 1. The van der Waals surface area contributed by atoms with Crippen LogP contribution in [-0.4, -0.2) is 24.8 Å². The molecule has 1 aromatic carbocycles. The quantitative estimate of drug-likeness (QED) is 0.826. The van der Waals surface area contributed by atoms with Gasteiger partial charge in [0.2, 0.25) is 10.0 Å². The maximum atomic E-state index is 12.6. The highest BCUT2D eigenvalue weighted by molar-refractivity contribution is 7.89. The molecule has 0 radical (unpaired) electrons. The minimum atomic E-state index is -3.78. The maximum Gasteiger partial charge on any atom is 0.258 e. The molecule has 2 aromatic rings. The molecule has 0 saturated heterocycles. The Labute approximate surface area is 159 Å². The number of hydrogen-bond donors (Lipinski definition) is 2. The van der Waals surface area contributed by atoms with E-state index in [4.69, 9.17) is 11.6 Å². The van der Waals surface area contributed by atoms with E-state index in [0.717, 1.165) is 11.3 Å². The monoisotopic (exact) mass is 395 g/mol. The second-order valence-electron chi connectivity index (χ2n) is 7.12. The van der Waals surface area contributed by atoms with Crippen molar-refractivity contribution in [1.82, 2.24) is 9.71 Å². The van der Waals surface area contributed by atoms with Crippen molar-refractivity contribution in [2.45, 2.75) is 45.1 Å². The summed E-state index contributed by atoms with van der Waals surface area (Å²) in [6.07, 6.45) is 0. The molecule has 0 atom stereocenters. The van der Waals surface area contributed by atoms with Gasteiger partial charge < -0.3 is 5.32 Å². The summed E-state index contributed by atoms with van der Waals surface area (Å²) >= 11 is 6.11. The van der Waals surface area contributed by atoms with Crippen LogP contribution in [0.1, 0.15) is 42.4 Å². The zero-order valence-electron chi connectivity index (χ0n) is 15.3. The summed E-state index contributed by atoms with van der Waals surface area (Å²) in [6.45, 7) is 8.92. The summed E-state index contributed by atoms with van der Waals surface area (Å²) in [5.41, 5.74) is 1.12. The molecule has 0 aliphatic rings. The van der Waals surface area contributed by atoms with Crippen LogP contribution in [0.4, 0.5) is 5.82 Å². The van der Waals surface area contributed by atoms with Gasteiger partial charge >= 0.3 is 0 Å². The lowest BCUT2D eigenvalue weighted by atomic mass is 10.1. The lowest BCUT2D eigenvalue weighted by Crippen LogP contribution is -2.40. The van der Waals surface area contributed by atoms with Gasteiger partial charge in [-0.2, -0.15) is 0 Å². The predicted molar refractivity (Wildman–Crippen MR) is 103 cm³/mol. The van der Waals surface area contributed by atoms with Crippen LogP contribution in [0.3, 0.4) is 0 Å². The number of halogens is 1. The highest BCUT2D eigenvalue weighted by Crippen LogP contribution is 2.23. The number of nitrogens with one attached hydrogen (secondary N) is 2. The molecule has 0 fully saturated rings. The second kappa shape index (κ2) is 7.34. The highest BCUT2D eigenvalue weighted by atomic mass is 35.5. The van der Waals surface area contributed by atoms with Gasteiger partial charge in [0.15, 0.2) is 0 Å². The molecule has 2 N–H and O–H groups in total. The first-order chi connectivity index (χ1) is 11.9. The summed E-state index contributed by atoms with van der Waals surface area (Å²) < 4.78 is 27.5. The zero-order valence-corrected chi connectivity index (χ0v) is 16.9. The van der Waals surface area contributed by atoms with E-state index in [2.05, 4.69) is 15.0 Å². The number of anilines is 1. The van der Waals surface area contributed by atoms with Crippen LogP contribution >= 0.6 is 11.6 Å². The number of benzene rings is 1. The van der Waals surface area contributed by atoms with Gasteiger partial charge in [-0.25, -0.2) is 18.1 Å². The Balaban J connectivity index is 2.36. The number of aryl methyl sites for hydroxylation is 2. The van der Waals surface area contributed by atoms with E-state index < -0.39 is 21.5 Å². The third-order valence-electron chi connectivity index (χ3n) is 3.27. The molecular formula is C18H22ClN3O3S. The first-order valence-electron chi connectivity index (χ1n) is 7.97. The third-order valence-corrected chi connectivity index (χ3v) is 5.36. The molecule has 0 saturated carbocycles. The third kappa shape index (κ3) is 5.27. The normalized spacial score (nSPS) is 12.1. The Morgan fingerprint density at radius 3 is 2.35 bits per heavy atom. The van der Waals surface area contributed by atoms with Gasteiger partial charge in [-0.05, 0) is 70.5 Å². The number of carbonyl (C=O) groups is 1. The van der Waals surface area contributed by atoms with Crippen molar-refractivity contribution in [3.63, 3.8) is 0 Å². The van der Waals surface area contributed by atoms with Gasteiger partial charge in [0.1, 0.15) is 5.82 Å². The number of sulfonamides is 1. The lowest BCUT2D eigenvalue weighted by molar-refractivity contribution is 0.102. The first kappa shape index (κ1) is 20.4. The second-order valence-corrected chi connectivity index (χ2v) is 9.21. The van der Waals surface area contributed by atoms with E-state index in [1.807, 2.05) is 19.9 Å². The fraction of sp³-hybridized carbons (Fsp3) is 0.333. The number of carbonyl (C=O) groups excluding carboxylic acids is 1. The van der Waals surface area contributed by atoms with Crippen molar-refractivity contribution in [1.29, 1.82) is 0 Å². The maximum absolute atomic E-state index is 12.6. The number of nitrogens with zero attached hydrogens (tertiary/aromatic N) is 1. The summed E-state index contributed by atoms with van der Waals surface area (Å²) in [7, 11) is -3.78. The van der Waals surface area contributed by atoms with Crippen molar-refractivity contribution >= 4 is 33.3 Å². The zero-order chi connectivity index (χ0) is 19.7. The smallest absolute Gasteiger partial charge is 0.258 e. The van der Waals surface area contributed by atoms with Crippen LogP contribution in [0, 0.1) is 13.8 Å². The SMILES string of the molecule is Cc1cc(C)nc(NC(=O)c2cc(S(=O)(=O)NC(C)(C)C)ccc2Cl)c1. The van der Waals surface area contributed by atoms with Crippen LogP contribution in [-0.2, 0) is 10.0 Å². The largest absolute Gasteiger partial charge is 0.307 e. The molecule has 0 aliphatic carbocycles. The van der Waals surface area contributed by atoms with E-state index in [-0.39, 0.29) is 15.5 Å². The molecule has 6 nitrogen and oxygen atoms in total. The Morgan fingerprint density at radius 2 is 1.77 bits per heavy atom. The van der Waals surface area contributed by atoms with Gasteiger partial charge in [-0.3, -0.25) is 4.79 Å². The highest BCUT2D eigenvalue weighted by Gasteiger charge is 2.24. The molecule has 1 aromatic heterocycles. The molecule has 0 bridgehead atoms. The van der Waals surface area contributed by atoms with Gasteiger partial charge in [-0.1, -0.05) is 11.6 Å².